The number of nitrogens with two attached hydrogens (primary N) is 1. The van der Waals surface area contributed by atoms with Crippen molar-refractivity contribution in [2.45, 2.75) is 20.1 Å². The molecule has 0 amide bonds. The molecule has 0 aromatic heterocycles. The fourth-order valence-corrected chi connectivity index (χ4v) is 1.97. The highest BCUT2D eigenvalue weighted by Crippen LogP contribution is 2.24. The number of nitro groups is 1. The molecule has 110 valence electrons. The number of hydrogen-bond donors (Lipinski definition) is 1. The highest BCUT2D eigenvalue weighted by molar-refractivity contribution is 5.44. The van der Waals surface area contributed by atoms with Crippen LogP contribution in [0.4, 0.5) is 10.1 Å². The Morgan fingerprint density at radius 2 is 2.10 bits per heavy atom. The predicted octanol–water partition coefficient (Wildman–Crippen LogP) is 3.08. The summed E-state index contributed by atoms with van der Waals surface area (Å²) in [6.07, 6.45) is 0. The molecule has 21 heavy (non-hydrogen) atoms. The van der Waals surface area contributed by atoms with E-state index in [9.17, 15) is 14.5 Å². The van der Waals surface area contributed by atoms with Crippen molar-refractivity contribution in [3.8, 4) is 5.75 Å². The largest absolute Gasteiger partial charge is 0.486 e. The lowest BCUT2D eigenvalue weighted by Crippen LogP contribution is -2.03. The van der Waals surface area contributed by atoms with Crippen LogP contribution < -0.4 is 10.5 Å². The molecule has 0 saturated heterocycles. The van der Waals surface area contributed by atoms with Gasteiger partial charge in [0.25, 0.3) is 5.69 Å². The third-order valence-corrected chi connectivity index (χ3v) is 3.23. The standard InChI is InChI=1S/C15H15FN2O3/c1-10-12(3-2-4-14(10)18(19)20)9-21-15-6-5-11(8-17)7-13(15)16/h2-7H,8-9,17H2,1H3. The average Bonchev–Trinajstić information content (AvgIpc) is 2.46. The van der Waals surface area contributed by atoms with Crippen LogP contribution in [0.1, 0.15) is 16.7 Å². The molecule has 2 N–H and O–H groups in total. The first-order valence-electron chi connectivity index (χ1n) is 6.37. The van der Waals surface area contributed by atoms with Crippen molar-refractivity contribution in [3.05, 3.63) is 69.0 Å². The highest BCUT2D eigenvalue weighted by atomic mass is 19.1. The van der Waals surface area contributed by atoms with Gasteiger partial charge in [0.15, 0.2) is 11.6 Å². The molecule has 0 fully saturated rings. The highest BCUT2D eigenvalue weighted by Gasteiger charge is 2.14. The molecule has 0 aliphatic rings. The molecular weight excluding hydrogens is 275 g/mol. The lowest BCUT2D eigenvalue weighted by atomic mass is 10.1. The van der Waals surface area contributed by atoms with Crippen LogP contribution in [0.2, 0.25) is 0 Å². The quantitative estimate of drug-likeness (QED) is 0.678. The second-order valence-corrected chi connectivity index (χ2v) is 4.58. The van der Waals surface area contributed by atoms with Crippen molar-refractivity contribution in [2.24, 2.45) is 5.73 Å². The molecule has 0 aliphatic carbocycles. The maximum absolute atomic E-state index is 13.8. The van der Waals surface area contributed by atoms with Gasteiger partial charge in [-0.2, -0.15) is 0 Å². The molecule has 0 spiro atoms. The fourth-order valence-electron chi connectivity index (χ4n) is 1.97. The first-order valence-corrected chi connectivity index (χ1v) is 6.37. The number of nitro benzene ring substituents is 1. The van der Waals surface area contributed by atoms with Gasteiger partial charge in [-0.3, -0.25) is 10.1 Å². The number of hydrogen-bond acceptors (Lipinski definition) is 4. The predicted molar refractivity (Wildman–Crippen MR) is 76.5 cm³/mol. The van der Waals surface area contributed by atoms with Gasteiger partial charge in [-0.15, -0.1) is 0 Å². The molecule has 2 aromatic rings. The summed E-state index contributed by atoms with van der Waals surface area (Å²) in [7, 11) is 0. The normalized spacial score (nSPS) is 10.4. The third kappa shape index (κ3) is 3.35. The van der Waals surface area contributed by atoms with E-state index >= 15 is 0 Å². The van der Waals surface area contributed by atoms with E-state index in [2.05, 4.69) is 0 Å². The van der Waals surface area contributed by atoms with Gasteiger partial charge >= 0.3 is 0 Å². The van der Waals surface area contributed by atoms with E-state index in [1.165, 1.54) is 18.2 Å². The van der Waals surface area contributed by atoms with E-state index in [0.29, 0.717) is 16.7 Å². The monoisotopic (exact) mass is 290 g/mol. The van der Waals surface area contributed by atoms with Crippen LogP contribution in [0.3, 0.4) is 0 Å². The summed E-state index contributed by atoms with van der Waals surface area (Å²) in [6, 6.07) is 9.22. The van der Waals surface area contributed by atoms with Crippen LogP contribution in [-0.2, 0) is 13.2 Å². The molecule has 2 aromatic carbocycles. The molecule has 0 aliphatic heterocycles. The van der Waals surface area contributed by atoms with Gasteiger partial charge in [-0.25, -0.2) is 4.39 Å². The van der Waals surface area contributed by atoms with Gasteiger partial charge in [0.2, 0.25) is 0 Å². The molecule has 0 atom stereocenters. The SMILES string of the molecule is Cc1c(COc2ccc(CN)cc2F)cccc1[N+](=O)[O-]. The van der Waals surface area contributed by atoms with Gasteiger partial charge in [-0.05, 0) is 30.2 Å². The third-order valence-electron chi connectivity index (χ3n) is 3.23. The molecule has 2 rings (SSSR count). The number of rotatable bonds is 5. The van der Waals surface area contributed by atoms with E-state index in [4.69, 9.17) is 10.5 Å². The zero-order valence-electron chi connectivity index (χ0n) is 11.5. The second-order valence-electron chi connectivity index (χ2n) is 4.58. The minimum Gasteiger partial charge on any atom is -0.486 e. The van der Waals surface area contributed by atoms with Crippen molar-refractivity contribution in [1.82, 2.24) is 0 Å². The molecule has 0 unspecified atom stereocenters. The zero-order valence-corrected chi connectivity index (χ0v) is 11.5. The van der Waals surface area contributed by atoms with Crippen molar-refractivity contribution >= 4 is 5.69 Å². The van der Waals surface area contributed by atoms with Crippen LogP contribution in [-0.4, -0.2) is 4.92 Å². The Morgan fingerprint density at radius 3 is 2.71 bits per heavy atom. The molecule has 6 heteroatoms. The Labute approximate surface area is 121 Å². The fraction of sp³-hybridized carbons (Fsp3) is 0.200. The summed E-state index contributed by atoms with van der Waals surface area (Å²) >= 11 is 0. The van der Waals surface area contributed by atoms with E-state index in [1.54, 1.807) is 25.1 Å². The Morgan fingerprint density at radius 1 is 1.33 bits per heavy atom. The Bertz CT molecular complexity index is 674. The van der Waals surface area contributed by atoms with Crippen LogP contribution in [0.25, 0.3) is 0 Å². The lowest BCUT2D eigenvalue weighted by molar-refractivity contribution is -0.385. The molecule has 0 bridgehead atoms. The maximum Gasteiger partial charge on any atom is 0.272 e. The number of benzene rings is 2. The van der Waals surface area contributed by atoms with Crippen LogP contribution in [0.5, 0.6) is 5.75 Å². The first-order chi connectivity index (χ1) is 10.0. The summed E-state index contributed by atoms with van der Waals surface area (Å²) in [5.74, 6) is -0.404. The first kappa shape index (κ1) is 14.9. The maximum atomic E-state index is 13.8. The van der Waals surface area contributed by atoms with Crippen molar-refractivity contribution < 1.29 is 14.1 Å². The van der Waals surface area contributed by atoms with Crippen molar-refractivity contribution in [2.75, 3.05) is 0 Å². The zero-order chi connectivity index (χ0) is 15.4. The minimum absolute atomic E-state index is 0.0232. The van der Waals surface area contributed by atoms with E-state index < -0.39 is 10.7 Å². The van der Waals surface area contributed by atoms with Gasteiger partial charge in [0.1, 0.15) is 6.61 Å². The van der Waals surface area contributed by atoms with Crippen molar-refractivity contribution in [3.63, 3.8) is 0 Å². The molecule has 0 saturated carbocycles. The molecule has 0 radical (unpaired) electrons. The van der Waals surface area contributed by atoms with Crippen LogP contribution in [0, 0.1) is 22.9 Å². The summed E-state index contributed by atoms with van der Waals surface area (Å²) < 4.78 is 19.2. The topological polar surface area (TPSA) is 78.4 Å². The molecule has 0 heterocycles. The molecular formula is C15H15FN2O3. The number of halogens is 1. The second kappa shape index (κ2) is 6.32. The Kier molecular flexibility index (Phi) is 4.49. The van der Waals surface area contributed by atoms with E-state index in [1.807, 2.05) is 0 Å². The summed E-state index contributed by atoms with van der Waals surface area (Å²) in [5, 5.41) is 10.9. The van der Waals surface area contributed by atoms with Gasteiger partial charge in [0, 0.05) is 18.2 Å². The van der Waals surface area contributed by atoms with Crippen molar-refractivity contribution in [1.29, 1.82) is 0 Å². The summed E-state index contributed by atoms with van der Waals surface area (Å²) in [4.78, 5) is 10.4. The van der Waals surface area contributed by atoms with Gasteiger partial charge in [0.05, 0.1) is 4.92 Å². The summed E-state index contributed by atoms with van der Waals surface area (Å²) in [6.45, 7) is 1.96. The Balaban J connectivity index is 2.17. The van der Waals surface area contributed by atoms with Crippen LogP contribution in [0.15, 0.2) is 36.4 Å². The number of nitrogens with zero attached hydrogens (tertiary/aromatic N) is 1. The Hall–Kier alpha value is -2.47. The summed E-state index contributed by atoms with van der Waals surface area (Å²) in [5.41, 5.74) is 7.28. The smallest absolute Gasteiger partial charge is 0.272 e. The molecule has 5 nitrogen and oxygen atoms in total. The van der Waals surface area contributed by atoms with Gasteiger partial charge < -0.3 is 10.5 Å². The van der Waals surface area contributed by atoms with E-state index in [0.717, 1.165) is 0 Å². The van der Waals surface area contributed by atoms with Gasteiger partial charge in [-0.1, -0.05) is 18.2 Å². The average molecular weight is 290 g/mol. The van der Waals surface area contributed by atoms with E-state index in [-0.39, 0.29) is 24.6 Å². The minimum atomic E-state index is -0.499. The van der Waals surface area contributed by atoms with Crippen LogP contribution >= 0.6 is 0 Å². The number of ether oxygens (including phenoxy) is 1. The lowest BCUT2D eigenvalue weighted by Gasteiger charge is -2.10.